The molecule has 5 aromatic rings. The minimum atomic E-state index is -1.37. The predicted molar refractivity (Wildman–Crippen MR) is 155 cm³/mol. The van der Waals surface area contributed by atoms with Crippen molar-refractivity contribution in [3.8, 4) is 45.9 Å². The molecule has 2 aliphatic rings. The van der Waals surface area contributed by atoms with Crippen LogP contribution in [-0.4, -0.2) is 10.2 Å². The van der Waals surface area contributed by atoms with E-state index in [1.807, 2.05) is 121 Å². The Morgan fingerprint density at radius 1 is 0.487 bits per heavy atom. The molecule has 0 unspecified atom stereocenters. The fourth-order valence-electron chi connectivity index (χ4n) is 5.89. The van der Waals surface area contributed by atoms with Crippen molar-refractivity contribution in [2.75, 3.05) is 0 Å². The highest BCUT2D eigenvalue weighted by Crippen LogP contribution is 2.48. The molecule has 2 heteroatoms. The molecule has 0 fully saturated rings. The van der Waals surface area contributed by atoms with E-state index in [9.17, 15) is 10.2 Å². The smallest absolute Gasteiger partial charge is 0.178 e. The number of hydrogen-bond acceptors (Lipinski definition) is 2. The van der Waals surface area contributed by atoms with Crippen LogP contribution < -0.4 is 0 Å². The highest BCUT2D eigenvalue weighted by molar-refractivity contribution is 5.83. The maximum atomic E-state index is 11.8. The standard InChI is InChI=1S/C37H24O2/c38-36(32-18-5-1-14-28(32)29-15-2-6-19-33(29)36)23-10-13-26-11-9-12-27(25-26)22-24-37(39)34-20-7-3-16-30(34)31-17-4-8-21-35(31)37/h1-9,11-12,14-21,25,38-39H,13H2. The molecule has 184 valence electrons. The predicted octanol–water partition coefficient (Wildman–Crippen LogP) is 6.42. The van der Waals surface area contributed by atoms with Crippen molar-refractivity contribution in [1.29, 1.82) is 0 Å². The SMILES string of the molecule is OC1(C#CCc2cccc(C#CC3(O)c4ccccc4-c4ccccc43)c2)c2ccccc2-c2ccccc21. The molecular weight excluding hydrogens is 476 g/mol. The summed E-state index contributed by atoms with van der Waals surface area (Å²) in [6, 6.07) is 39.5. The summed E-state index contributed by atoms with van der Waals surface area (Å²) >= 11 is 0. The molecule has 7 rings (SSSR count). The van der Waals surface area contributed by atoms with E-state index < -0.39 is 11.2 Å². The molecule has 0 radical (unpaired) electrons. The van der Waals surface area contributed by atoms with E-state index in [1.165, 1.54) is 0 Å². The van der Waals surface area contributed by atoms with Crippen LogP contribution in [0.1, 0.15) is 33.4 Å². The number of fused-ring (bicyclic) bond motifs is 6. The lowest BCUT2D eigenvalue weighted by Crippen LogP contribution is -2.22. The Labute approximate surface area is 228 Å². The maximum absolute atomic E-state index is 11.8. The normalized spacial score (nSPS) is 14.5. The van der Waals surface area contributed by atoms with E-state index in [0.29, 0.717) is 6.42 Å². The molecule has 0 heterocycles. The molecule has 0 saturated heterocycles. The number of aliphatic hydroxyl groups is 2. The van der Waals surface area contributed by atoms with Gasteiger partial charge in [-0.2, -0.15) is 0 Å². The van der Waals surface area contributed by atoms with Crippen molar-refractivity contribution in [3.63, 3.8) is 0 Å². The van der Waals surface area contributed by atoms with Crippen molar-refractivity contribution in [2.24, 2.45) is 0 Å². The number of rotatable bonds is 1. The Balaban J connectivity index is 1.19. The van der Waals surface area contributed by atoms with Gasteiger partial charge in [0.25, 0.3) is 0 Å². The first-order valence-corrected chi connectivity index (χ1v) is 13.0. The molecule has 0 aromatic heterocycles. The van der Waals surface area contributed by atoms with E-state index in [-0.39, 0.29) is 0 Å². The van der Waals surface area contributed by atoms with Gasteiger partial charge in [-0.1, -0.05) is 133 Å². The third-order valence-corrected chi connectivity index (χ3v) is 7.72. The Morgan fingerprint density at radius 3 is 1.41 bits per heavy atom. The van der Waals surface area contributed by atoms with Crippen LogP contribution in [0, 0.1) is 23.7 Å². The van der Waals surface area contributed by atoms with Crippen molar-refractivity contribution >= 4 is 0 Å². The lowest BCUT2D eigenvalue weighted by Gasteiger charge is -2.19. The summed E-state index contributed by atoms with van der Waals surface area (Å²) in [5.41, 5.74) is 6.45. The topological polar surface area (TPSA) is 40.5 Å². The van der Waals surface area contributed by atoms with Gasteiger partial charge in [-0.25, -0.2) is 0 Å². The average molecular weight is 501 g/mol. The van der Waals surface area contributed by atoms with Gasteiger partial charge in [-0.15, -0.1) is 0 Å². The first-order valence-electron chi connectivity index (χ1n) is 13.0. The second-order valence-electron chi connectivity index (χ2n) is 10.0. The molecule has 2 aliphatic carbocycles. The van der Waals surface area contributed by atoms with Crippen LogP contribution in [0.5, 0.6) is 0 Å². The van der Waals surface area contributed by atoms with Gasteiger partial charge in [-0.05, 0) is 39.9 Å². The number of hydrogen-bond donors (Lipinski definition) is 2. The molecule has 2 N–H and O–H groups in total. The van der Waals surface area contributed by atoms with Crippen LogP contribution >= 0.6 is 0 Å². The van der Waals surface area contributed by atoms with Crippen molar-refractivity contribution < 1.29 is 10.2 Å². The Hall–Kier alpha value is -4.86. The molecule has 0 saturated carbocycles. The molecule has 0 amide bonds. The molecule has 0 bridgehead atoms. The second kappa shape index (κ2) is 8.87. The van der Waals surface area contributed by atoms with Gasteiger partial charge in [0.15, 0.2) is 11.2 Å². The Kier molecular flexibility index (Phi) is 5.29. The molecule has 5 aromatic carbocycles. The molecule has 0 spiro atoms. The first kappa shape index (κ1) is 23.3. The van der Waals surface area contributed by atoms with Crippen LogP contribution in [0.2, 0.25) is 0 Å². The summed E-state index contributed by atoms with van der Waals surface area (Å²) in [4.78, 5) is 0. The van der Waals surface area contributed by atoms with Gasteiger partial charge < -0.3 is 10.2 Å². The van der Waals surface area contributed by atoms with Gasteiger partial charge in [0, 0.05) is 34.2 Å². The van der Waals surface area contributed by atoms with E-state index in [1.54, 1.807) is 0 Å². The van der Waals surface area contributed by atoms with E-state index >= 15 is 0 Å². The summed E-state index contributed by atoms with van der Waals surface area (Å²) in [5.74, 6) is 12.8. The number of benzene rings is 5. The molecule has 2 nitrogen and oxygen atoms in total. The molecule has 0 aliphatic heterocycles. The third kappa shape index (κ3) is 3.63. The maximum Gasteiger partial charge on any atom is 0.178 e. The van der Waals surface area contributed by atoms with Crippen LogP contribution in [-0.2, 0) is 17.6 Å². The van der Waals surface area contributed by atoms with Gasteiger partial charge in [0.2, 0.25) is 0 Å². The summed E-state index contributed by atoms with van der Waals surface area (Å²) in [6.45, 7) is 0. The van der Waals surface area contributed by atoms with Gasteiger partial charge in [0.1, 0.15) is 0 Å². The van der Waals surface area contributed by atoms with Crippen LogP contribution in [0.15, 0.2) is 121 Å². The quantitative estimate of drug-likeness (QED) is 0.261. The summed E-state index contributed by atoms with van der Waals surface area (Å²) < 4.78 is 0. The largest absolute Gasteiger partial charge is 0.369 e. The van der Waals surface area contributed by atoms with Crippen molar-refractivity contribution in [1.82, 2.24) is 0 Å². The van der Waals surface area contributed by atoms with Crippen LogP contribution in [0.3, 0.4) is 0 Å². The van der Waals surface area contributed by atoms with Gasteiger partial charge >= 0.3 is 0 Å². The lowest BCUT2D eigenvalue weighted by atomic mass is 9.91. The van der Waals surface area contributed by atoms with Crippen molar-refractivity contribution in [3.05, 3.63) is 155 Å². The van der Waals surface area contributed by atoms with Gasteiger partial charge in [0.05, 0.1) is 0 Å². The summed E-state index contributed by atoms with van der Waals surface area (Å²) in [6.07, 6.45) is 0.470. The lowest BCUT2D eigenvalue weighted by molar-refractivity contribution is 0.150. The second-order valence-corrected chi connectivity index (χ2v) is 10.0. The highest BCUT2D eigenvalue weighted by Gasteiger charge is 2.41. The highest BCUT2D eigenvalue weighted by atomic mass is 16.3. The summed E-state index contributed by atoms with van der Waals surface area (Å²) in [5, 5.41) is 23.5. The van der Waals surface area contributed by atoms with E-state index in [2.05, 4.69) is 23.7 Å². The van der Waals surface area contributed by atoms with E-state index in [4.69, 9.17) is 0 Å². The van der Waals surface area contributed by atoms with Crippen LogP contribution in [0.4, 0.5) is 0 Å². The fourth-order valence-corrected chi connectivity index (χ4v) is 5.89. The zero-order chi connectivity index (χ0) is 26.5. The average Bonchev–Trinajstić information content (AvgIpc) is 3.39. The Bertz CT molecular complexity index is 1800. The third-order valence-electron chi connectivity index (χ3n) is 7.72. The zero-order valence-corrected chi connectivity index (χ0v) is 21.1. The van der Waals surface area contributed by atoms with Crippen LogP contribution in [0.25, 0.3) is 22.3 Å². The monoisotopic (exact) mass is 500 g/mol. The van der Waals surface area contributed by atoms with Crippen molar-refractivity contribution in [2.45, 2.75) is 17.6 Å². The minimum absolute atomic E-state index is 0.470. The van der Waals surface area contributed by atoms with Gasteiger partial charge in [-0.3, -0.25) is 0 Å². The Morgan fingerprint density at radius 2 is 0.923 bits per heavy atom. The zero-order valence-electron chi connectivity index (χ0n) is 21.1. The molecular formula is C37H24O2. The molecule has 39 heavy (non-hydrogen) atoms. The first-order chi connectivity index (χ1) is 19.1. The minimum Gasteiger partial charge on any atom is -0.369 e. The van der Waals surface area contributed by atoms with E-state index in [0.717, 1.165) is 55.6 Å². The summed E-state index contributed by atoms with van der Waals surface area (Å²) in [7, 11) is 0. The molecule has 0 atom stereocenters. The fraction of sp³-hybridized carbons (Fsp3) is 0.0811.